The van der Waals surface area contributed by atoms with Crippen LogP contribution < -0.4 is 4.90 Å². The van der Waals surface area contributed by atoms with E-state index in [1.165, 1.54) is 4.90 Å². The summed E-state index contributed by atoms with van der Waals surface area (Å²) < 4.78 is 0. The Kier molecular flexibility index (Phi) is 3.95. The first-order valence-corrected chi connectivity index (χ1v) is 9.87. The number of benzene rings is 2. The van der Waals surface area contributed by atoms with Gasteiger partial charge in [-0.15, -0.1) is 0 Å². The fourth-order valence-electron chi connectivity index (χ4n) is 5.24. The highest BCUT2D eigenvalue weighted by molar-refractivity contribution is 6.24. The van der Waals surface area contributed by atoms with Crippen LogP contribution in [0, 0.1) is 18.8 Å². The SMILES string of the molecule is Cc1ccc(N2C(=O)[C@@H]3[C@H](C2=O)C2CCCN2[C@@H]3C(=O)c2ccccc2)cc1. The van der Waals surface area contributed by atoms with Crippen molar-refractivity contribution in [3.8, 4) is 0 Å². The molecule has 2 aromatic carbocycles. The number of fused-ring (bicyclic) bond motifs is 3. The van der Waals surface area contributed by atoms with Gasteiger partial charge in [0.2, 0.25) is 11.8 Å². The van der Waals surface area contributed by atoms with Gasteiger partial charge in [-0.2, -0.15) is 0 Å². The van der Waals surface area contributed by atoms with Crippen molar-refractivity contribution in [2.45, 2.75) is 31.8 Å². The Morgan fingerprint density at radius 2 is 1.61 bits per heavy atom. The van der Waals surface area contributed by atoms with E-state index >= 15 is 0 Å². The number of carbonyl (C=O) groups excluding carboxylic acids is 3. The molecular formula is C23H22N2O3. The maximum Gasteiger partial charge on any atom is 0.239 e. The summed E-state index contributed by atoms with van der Waals surface area (Å²) in [5.74, 6) is -1.45. The number of nitrogens with zero attached hydrogens (tertiary/aromatic N) is 2. The van der Waals surface area contributed by atoms with Crippen LogP contribution in [-0.2, 0) is 9.59 Å². The van der Waals surface area contributed by atoms with Crippen molar-refractivity contribution < 1.29 is 14.4 Å². The van der Waals surface area contributed by atoms with Gasteiger partial charge in [0.15, 0.2) is 5.78 Å². The van der Waals surface area contributed by atoms with Crippen LogP contribution in [0.25, 0.3) is 0 Å². The molecule has 142 valence electrons. The molecule has 3 saturated heterocycles. The first kappa shape index (κ1) is 17.3. The molecule has 0 aliphatic carbocycles. The van der Waals surface area contributed by atoms with E-state index in [-0.39, 0.29) is 23.6 Å². The molecule has 3 heterocycles. The number of ketones is 1. The van der Waals surface area contributed by atoms with Crippen molar-refractivity contribution in [1.29, 1.82) is 0 Å². The highest BCUT2D eigenvalue weighted by Gasteiger charge is 2.64. The van der Waals surface area contributed by atoms with E-state index in [9.17, 15) is 14.4 Å². The Morgan fingerprint density at radius 3 is 2.32 bits per heavy atom. The summed E-state index contributed by atoms with van der Waals surface area (Å²) in [4.78, 5) is 43.5. The Hall–Kier alpha value is -2.79. The van der Waals surface area contributed by atoms with Gasteiger partial charge in [0.25, 0.3) is 0 Å². The molecular weight excluding hydrogens is 352 g/mol. The van der Waals surface area contributed by atoms with Gasteiger partial charge in [-0.1, -0.05) is 48.0 Å². The summed E-state index contributed by atoms with van der Waals surface area (Å²) in [6, 6.07) is 16.0. The lowest BCUT2D eigenvalue weighted by Crippen LogP contribution is -2.46. The minimum Gasteiger partial charge on any atom is -0.292 e. The molecule has 1 unspecified atom stereocenters. The van der Waals surface area contributed by atoms with Crippen LogP contribution >= 0.6 is 0 Å². The number of anilines is 1. The van der Waals surface area contributed by atoms with Gasteiger partial charge in [0.1, 0.15) is 0 Å². The number of hydrogen-bond acceptors (Lipinski definition) is 4. The third kappa shape index (κ3) is 2.39. The summed E-state index contributed by atoms with van der Waals surface area (Å²) >= 11 is 0. The summed E-state index contributed by atoms with van der Waals surface area (Å²) in [5, 5.41) is 0. The van der Waals surface area contributed by atoms with Gasteiger partial charge in [-0.3, -0.25) is 19.3 Å². The number of rotatable bonds is 3. The molecule has 3 aliphatic rings. The van der Waals surface area contributed by atoms with Crippen molar-refractivity contribution >= 4 is 23.3 Å². The van der Waals surface area contributed by atoms with Gasteiger partial charge in [-0.05, 0) is 38.4 Å². The molecule has 0 N–H and O–H groups in total. The lowest BCUT2D eigenvalue weighted by molar-refractivity contribution is -0.123. The summed E-state index contributed by atoms with van der Waals surface area (Å²) in [6.07, 6.45) is 1.82. The molecule has 2 amide bonds. The van der Waals surface area contributed by atoms with Crippen molar-refractivity contribution in [2.24, 2.45) is 11.8 Å². The minimum absolute atomic E-state index is 0.0189. The molecule has 4 atom stereocenters. The first-order chi connectivity index (χ1) is 13.6. The zero-order valence-electron chi connectivity index (χ0n) is 15.7. The van der Waals surface area contributed by atoms with E-state index in [0.717, 1.165) is 24.9 Å². The predicted octanol–water partition coefficient (Wildman–Crippen LogP) is 2.83. The average Bonchev–Trinajstić information content (AvgIpc) is 3.35. The summed E-state index contributed by atoms with van der Waals surface area (Å²) in [5.41, 5.74) is 2.28. The van der Waals surface area contributed by atoms with E-state index in [0.29, 0.717) is 11.3 Å². The zero-order chi connectivity index (χ0) is 19.4. The lowest BCUT2D eigenvalue weighted by Gasteiger charge is -2.27. The normalized spacial score (nSPS) is 29.2. The molecule has 5 nitrogen and oxygen atoms in total. The second-order valence-corrected chi connectivity index (χ2v) is 8.02. The smallest absolute Gasteiger partial charge is 0.239 e. The van der Waals surface area contributed by atoms with Crippen molar-refractivity contribution in [1.82, 2.24) is 4.90 Å². The molecule has 0 saturated carbocycles. The molecule has 0 aromatic heterocycles. The predicted molar refractivity (Wildman–Crippen MR) is 105 cm³/mol. The standard InChI is InChI=1S/C23H22N2O3/c1-14-9-11-16(12-10-14)25-22(27)18-17-8-5-13-24(17)20(19(18)23(25)28)21(26)15-6-3-2-4-7-15/h2-4,6-7,9-12,17-20H,5,8,13H2,1H3/t17?,18-,19-,20+/m1/s1. The van der Waals surface area contributed by atoms with E-state index < -0.39 is 17.9 Å². The van der Waals surface area contributed by atoms with Crippen LogP contribution in [0.15, 0.2) is 54.6 Å². The molecule has 0 spiro atoms. The highest BCUT2D eigenvalue weighted by atomic mass is 16.2. The third-order valence-corrected chi connectivity index (χ3v) is 6.47. The average molecular weight is 374 g/mol. The Labute approximate surface area is 163 Å². The number of hydrogen-bond donors (Lipinski definition) is 0. The topological polar surface area (TPSA) is 57.7 Å². The molecule has 28 heavy (non-hydrogen) atoms. The molecule has 5 rings (SSSR count). The van der Waals surface area contributed by atoms with Crippen LogP contribution in [0.2, 0.25) is 0 Å². The first-order valence-electron chi connectivity index (χ1n) is 9.87. The quantitative estimate of drug-likeness (QED) is 0.612. The molecule has 0 radical (unpaired) electrons. The summed E-state index contributed by atoms with van der Waals surface area (Å²) in [7, 11) is 0. The Morgan fingerprint density at radius 1 is 0.929 bits per heavy atom. The Bertz CT molecular complexity index is 954. The van der Waals surface area contributed by atoms with Crippen molar-refractivity contribution in [3.63, 3.8) is 0 Å². The van der Waals surface area contributed by atoms with Crippen LogP contribution in [0.1, 0.15) is 28.8 Å². The fraction of sp³-hybridized carbons (Fsp3) is 0.348. The second-order valence-electron chi connectivity index (χ2n) is 8.02. The lowest BCUT2D eigenvalue weighted by atomic mass is 9.85. The molecule has 5 heteroatoms. The maximum atomic E-state index is 13.4. The van der Waals surface area contributed by atoms with E-state index in [1.807, 2.05) is 49.4 Å². The van der Waals surface area contributed by atoms with E-state index in [4.69, 9.17) is 0 Å². The number of carbonyl (C=O) groups is 3. The van der Waals surface area contributed by atoms with Crippen LogP contribution in [0.4, 0.5) is 5.69 Å². The van der Waals surface area contributed by atoms with E-state index in [2.05, 4.69) is 4.90 Å². The zero-order valence-corrected chi connectivity index (χ0v) is 15.7. The van der Waals surface area contributed by atoms with E-state index in [1.54, 1.807) is 12.1 Å². The molecule has 0 bridgehead atoms. The highest BCUT2D eigenvalue weighted by Crippen LogP contribution is 2.48. The second kappa shape index (κ2) is 6.38. The molecule has 2 aromatic rings. The van der Waals surface area contributed by atoms with Gasteiger partial charge in [0, 0.05) is 11.6 Å². The Balaban J connectivity index is 1.55. The van der Waals surface area contributed by atoms with Crippen LogP contribution in [0.5, 0.6) is 0 Å². The fourth-order valence-corrected chi connectivity index (χ4v) is 5.24. The minimum atomic E-state index is -0.591. The van der Waals surface area contributed by atoms with Gasteiger partial charge in [0.05, 0.1) is 23.6 Å². The van der Waals surface area contributed by atoms with Crippen LogP contribution in [-0.4, -0.2) is 41.1 Å². The molecule has 3 aliphatic heterocycles. The van der Waals surface area contributed by atoms with Crippen molar-refractivity contribution in [3.05, 3.63) is 65.7 Å². The molecule has 3 fully saturated rings. The largest absolute Gasteiger partial charge is 0.292 e. The van der Waals surface area contributed by atoms with Crippen molar-refractivity contribution in [2.75, 3.05) is 11.4 Å². The number of aryl methyl sites for hydroxylation is 1. The van der Waals surface area contributed by atoms with Gasteiger partial charge >= 0.3 is 0 Å². The number of Topliss-reactive ketones (excluding diaryl/α,β-unsaturated/α-hetero) is 1. The third-order valence-electron chi connectivity index (χ3n) is 6.47. The van der Waals surface area contributed by atoms with Gasteiger partial charge in [-0.25, -0.2) is 4.90 Å². The van der Waals surface area contributed by atoms with Crippen LogP contribution in [0.3, 0.4) is 0 Å². The van der Waals surface area contributed by atoms with Gasteiger partial charge < -0.3 is 0 Å². The monoisotopic (exact) mass is 374 g/mol. The maximum absolute atomic E-state index is 13.4. The summed E-state index contributed by atoms with van der Waals surface area (Å²) in [6.45, 7) is 2.74. The number of amides is 2. The number of imide groups is 1.